The Bertz CT molecular complexity index is 567. The summed E-state index contributed by atoms with van der Waals surface area (Å²) in [7, 11) is 1.86. The highest BCUT2D eigenvalue weighted by atomic mass is 127. The van der Waals surface area contributed by atoms with E-state index in [0.29, 0.717) is 12.1 Å². The fourth-order valence-corrected chi connectivity index (χ4v) is 3.86. The first kappa shape index (κ1) is 23.2. The standard InChI is InChI=1S/C21H36N4.HI/c1-15(2)25-11-8-19(9-12-25)24-21(22-6)23-10-7-20-17(4)13-16(3)14-18(20)5;/h13-15,19H,7-12H2,1-6H3,(H2,22,23,24);1H. The molecule has 0 spiro atoms. The third-order valence-electron chi connectivity index (χ3n) is 5.33. The maximum atomic E-state index is 4.41. The van der Waals surface area contributed by atoms with Gasteiger partial charge in [0.05, 0.1) is 0 Å². The Morgan fingerprint density at radius 2 is 1.73 bits per heavy atom. The van der Waals surface area contributed by atoms with Crippen molar-refractivity contribution in [2.75, 3.05) is 26.7 Å². The van der Waals surface area contributed by atoms with E-state index < -0.39 is 0 Å². The zero-order chi connectivity index (χ0) is 18.4. The van der Waals surface area contributed by atoms with Gasteiger partial charge >= 0.3 is 0 Å². The Kier molecular flexibility index (Phi) is 9.93. The Hall–Kier alpha value is -0.820. The van der Waals surface area contributed by atoms with Crippen molar-refractivity contribution in [2.24, 2.45) is 4.99 Å². The second-order valence-electron chi connectivity index (χ2n) is 7.67. The van der Waals surface area contributed by atoms with Gasteiger partial charge in [-0.1, -0.05) is 17.7 Å². The molecule has 0 aliphatic carbocycles. The number of aliphatic imine (C=N–C) groups is 1. The molecule has 0 atom stereocenters. The van der Waals surface area contributed by atoms with E-state index in [9.17, 15) is 0 Å². The van der Waals surface area contributed by atoms with Gasteiger partial charge < -0.3 is 15.5 Å². The number of guanidine groups is 1. The Balaban J connectivity index is 0.00000338. The Morgan fingerprint density at radius 1 is 1.15 bits per heavy atom. The van der Waals surface area contributed by atoms with Crippen LogP contribution in [0.3, 0.4) is 0 Å². The summed E-state index contributed by atoms with van der Waals surface area (Å²) in [5.74, 6) is 0.936. The number of nitrogens with zero attached hydrogens (tertiary/aromatic N) is 2. The van der Waals surface area contributed by atoms with Crippen LogP contribution in [0.1, 0.15) is 48.9 Å². The lowest BCUT2D eigenvalue weighted by Crippen LogP contribution is -2.50. The molecular formula is C21H37IN4. The van der Waals surface area contributed by atoms with Crippen molar-refractivity contribution in [1.29, 1.82) is 0 Å². The van der Waals surface area contributed by atoms with Crippen molar-refractivity contribution in [3.63, 3.8) is 0 Å². The lowest BCUT2D eigenvalue weighted by molar-refractivity contribution is 0.167. The van der Waals surface area contributed by atoms with Gasteiger partial charge in [-0.3, -0.25) is 4.99 Å². The molecule has 1 fully saturated rings. The molecule has 2 rings (SSSR count). The normalized spacial score (nSPS) is 16.5. The van der Waals surface area contributed by atoms with Crippen LogP contribution in [0.2, 0.25) is 0 Å². The molecule has 1 aliphatic heterocycles. The predicted octanol–water partition coefficient (Wildman–Crippen LogP) is 3.81. The molecule has 0 aromatic heterocycles. The van der Waals surface area contributed by atoms with Crippen LogP contribution >= 0.6 is 24.0 Å². The largest absolute Gasteiger partial charge is 0.356 e. The van der Waals surface area contributed by atoms with E-state index in [1.54, 1.807) is 0 Å². The summed E-state index contributed by atoms with van der Waals surface area (Å²) < 4.78 is 0. The molecule has 0 bridgehead atoms. The van der Waals surface area contributed by atoms with Crippen molar-refractivity contribution in [3.8, 4) is 0 Å². The van der Waals surface area contributed by atoms with E-state index in [4.69, 9.17) is 0 Å². The first-order chi connectivity index (χ1) is 11.9. The number of piperidine rings is 1. The van der Waals surface area contributed by atoms with Crippen LogP contribution in [0.15, 0.2) is 17.1 Å². The molecular weight excluding hydrogens is 435 g/mol. The Morgan fingerprint density at radius 3 is 2.23 bits per heavy atom. The minimum atomic E-state index is 0. The molecule has 0 saturated carbocycles. The second kappa shape index (κ2) is 11.1. The number of hydrogen-bond acceptors (Lipinski definition) is 2. The smallest absolute Gasteiger partial charge is 0.191 e. The van der Waals surface area contributed by atoms with Gasteiger partial charge in [0.1, 0.15) is 0 Å². The lowest BCUT2D eigenvalue weighted by Gasteiger charge is -2.35. The van der Waals surface area contributed by atoms with Crippen LogP contribution in [0, 0.1) is 20.8 Å². The van der Waals surface area contributed by atoms with Gasteiger partial charge in [-0.25, -0.2) is 0 Å². The van der Waals surface area contributed by atoms with Crippen LogP contribution in [0.5, 0.6) is 0 Å². The number of rotatable bonds is 5. The zero-order valence-electron chi connectivity index (χ0n) is 17.4. The van der Waals surface area contributed by atoms with Crippen LogP contribution < -0.4 is 10.6 Å². The summed E-state index contributed by atoms with van der Waals surface area (Å²) in [6.45, 7) is 14.4. The summed E-state index contributed by atoms with van der Waals surface area (Å²) in [5, 5.41) is 7.10. The topological polar surface area (TPSA) is 39.7 Å². The number of hydrogen-bond donors (Lipinski definition) is 2. The maximum absolute atomic E-state index is 4.41. The Labute approximate surface area is 177 Å². The van der Waals surface area contributed by atoms with E-state index in [1.165, 1.54) is 48.2 Å². The molecule has 148 valence electrons. The number of likely N-dealkylation sites (tertiary alicyclic amines) is 1. The molecule has 0 amide bonds. The van der Waals surface area contributed by atoms with E-state index in [0.717, 1.165) is 18.9 Å². The predicted molar refractivity (Wildman–Crippen MR) is 124 cm³/mol. The minimum absolute atomic E-state index is 0. The van der Waals surface area contributed by atoms with Crippen molar-refractivity contribution in [3.05, 3.63) is 34.4 Å². The van der Waals surface area contributed by atoms with Gasteiger partial charge in [0, 0.05) is 38.8 Å². The van der Waals surface area contributed by atoms with Crippen LogP contribution in [-0.2, 0) is 6.42 Å². The summed E-state index contributed by atoms with van der Waals surface area (Å²) in [6, 6.07) is 5.74. The van der Waals surface area contributed by atoms with E-state index in [2.05, 4.69) is 67.3 Å². The monoisotopic (exact) mass is 472 g/mol. The molecule has 0 radical (unpaired) electrons. The van der Waals surface area contributed by atoms with Crippen LogP contribution in [0.25, 0.3) is 0 Å². The third-order valence-corrected chi connectivity index (χ3v) is 5.33. The van der Waals surface area contributed by atoms with E-state index >= 15 is 0 Å². The molecule has 4 nitrogen and oxygen atoms in total. The number of benzene rings is 1. The molecule has 1 aromatic rings. The minimum Gasteiger partial charge on any atom is -0.356 e. The molecule has 0 unspecified atom stereocenters. The second-order valence-corrected chi connectivity index (χ2v) is 7.67. The van der Waals surface area contributed by atoms with Crippen LogP contribution in [0.4, 0.5) is 0 Å². The molecule has 1 aromatic carbocycles. The lowest BCUT2D eigenvalue weighted by atomic mass is 9.97. The maximum Gasteiger partial charge on any atom is 0.191 e. The number of aryl methyl sites for hydroxylation is 3. The van der Waals surface area contributed by atoms with Gasteiger partial charge in [-0.05, 0) is 70.6 Å². The van der Waals surface area contributed by atoms with Crippen molar-refractivity contribution in [2.45, 2.75) is 66.0 Å². The quantitative estimate of drug-likeness (QED) is 0.389. The van der Waals surface area contributed by atoms with Crippen molar-refractivity contribution in [1.82, 2.24) is 15.5 Å². The van der Waals surface area contributed by atoms with Crippen molar-refractivity contribution < 1.29 is 0 Å². The molecule has 2 N–H and O–H groups in total. The zero-order valence-corrected chi connectivity index (χ0v) is 19.7. The summed E-state index contributed by atoms with van der Waals surface area (Å²) in [5.41, 5.74) is 5.59. The molecule has 1 heterocycles. The highest BCUT2D eigenvalue weighted by Crippen LogP contribution is 2.16. The van der Waals surface area contributed by atoms with Gasteiger partial charge in [0.25, 0.3) is 0 Å². The van der Waals surface area contributed by atoms with Gasteiger partial charge in [-0.2, -0.15) is 0 Å². The van der Waals surface area contributed by atoms with E-state index in [-0.39, 0.29) is 24.0 Å². The number of halogens is 1. The molecule has 5 heteroatoms. The first-order valence-electron chi connectivity index (χ1n) is 9.68. The summed E-state index contributed by atoms with van der Waals surface area (Å²) >= 11 is 0. The SMILES string of the molecule is CN=C(NCCc1c(C)cc(C)cc1C)NC1CCN(C(C)C)CC1.I. The van der Waals surface area contributed by atoms with Gasteiger partial charge in [-0.15, -0.1) is 24.0 Å². The summed E-state index contributed by atoms with van der Waals surface area (Å²) in [6.07, 6.45) is 3.41. The molecule has 1 saturated heterocycles. The average molecular weight is 472 g/mol. The average Bonchev–Trinajstić information content (AvgIpc) is 2.56. The highest BCUT2D eigenvalue weighted by molar-refractivity contribution is 14.0. The van der Waals surface area contributed by atoms with Gasteiger partial charge in [0.2, 0.25) is 0 Å². The fourth-order valence-electron chi connectivity index (χ4n) is 3.86. The third kappa shape index (κ3) is 6.72. The summed E-state index contributed by atoms with van der Waals surface area (Å²) in [4.78, 5) is 6.96. The van der Waals surface area contributed by atoms with E-state index in [1.807, 2.05) is 7.05 Å². The number of nitrogens with one attached hydrogen (secondary N) is 2. The molecule has 1 aliphatic rings. The van der Waals surface area contributed by atoms with Gasteiger partial charge in [0.15, 0.2) is 5.96 Å². The molecule has 26 heavy (non-hydrogen) atoms. The first-order valence-corrected chi connectivity index (χ1v) is 9.68. The van der Waals surface area contributed by atoms with Crippen molar-refractivity contribution >= 4 is 29.9 Å². The highest BCUT2D eigenvalue weighted by Gasteiger charge is 2.21. The fraction of sp³-hybridized carbons (Fsp3) is 0.667. The van der Waals surface area contributed by atoms with Crippen LogP contribution in [-0.4, -0.2) is 49.6 Å².